The molecule has 0 N–H and O–H groups in total. The number of nitrogens with zero attached hydrogens (tertiary/aromatic N) is 2. The lowest BCUT2D eigenvalue weighted by atomic mass is 9.94. The van der Waals surface area contributed by atoms with E-state index in [9.17, 15) is 0 Å². The van der Waals surface area contributed by atoms with Gasteiger partial charge in [-0.05, 0) is 61.7 Å². The number of fused-ring (bicyclic) bond motifs is 4. The topological polar surface area (TPSA) is 25.8 Å². The monoisotopic (exact) mass is 598 g/mol. The van der Waals surface area contributed by atoms with E-state index in [1.165, 1.54) is 55.6 Å². The Labute approximate surface area is 274 Å². The van der Waals surface area contributed by atoms with Gasteiger partial charge in [-0.3, -0.25) is 0 Å². The number of hydrogen-bond acceptors (Lipinski definition) is 2. The SMILES string of the molecule is c1ccc(-c2ccc(-c3cccc4c3Cc3c(-c5nc(-c6ccc(-c7ccccc7)cc6)c6ccccc6n5)cccc3-4)cc2)cc1. The summed E-state index contributed by atoms with van der Waals surface area (Å²) in [5.41, 5.74) is 16.7. The first-order valence-corrected chi connectivity index (χ1v) is 16.1. The van der Waals surface area contributed by atoms with E-state index in [0.717, 1.165) is 40.0 Å². The quantitative estimate of drug-likeness (QED) is 0.197. The van der Waals surface area contributed by atoms with Crippen molar-refractivity contribution in [3.8, 4) is 67.2 Å². The predicted molar refractivity (Wildman–Crippen MR) is 195 cm³/mol. The van der Waals surface area contributed by atoms with E-state index in [-0.39, 0.29) is 0 Å². The maximum atomic E-state index is 5.29. The normalized spacial score (nSPS) is 11.7. The van der Waals surface area contributed by atoms with Gasteiger partial charge in [-0.2, -0.15) is 0 Å². The summed E-state index contributed by atoms with van der Waals surface area (Å²) in [5.74, 6) is 0.768. The molecule has 0 spiro atoms. The fraction of sp³-hybridized carbons (Fsp3) is 0.0222. The fourth-order valence-corrected chi connectivity index (χ4v) is 7.06. The summed E-state index contributed by atoms with van der Waals surface area (Å²) in [6, 6.07) is 60.4. The molecule has 0 atom stereocenters. The lowest BCUT2D eigenvalue weighted by molar-refractivity contribution is 1.19. The van der Waals surface area contributed by atoms with E-state index in [2.05, 4.69) is 170 Å². The van der Waals surface area contributed by atoms with Crippen LogP contribution in [-0.2, 0) is 6.42 Å². The Morgan fingerprint density at radius 1 is 0.319 bits per heavy atom. The highest BCUT2D eigenvalue weighted by Gasteiger charge is 2.25. The third kappa shape index (κ3) is 4.83. The summed E-state index contributed by atoms with van der Waals surface area (Å²) in [5, 5.41) is 1.06. The molecule has 8 aromatic rings. The molecule has 2 heteroatoms. The average molecular weight is 599 g/mol. The van der Waals surface area contributed by atoms with Crippen molar-refractivity contribution < 1.29 is 0 Å². The molecule has 9 rings (SSSR count). The number of rotatable bonds is 5. The minimum absolute atomic E-state index is 0.768. The number of hydrogen-bond donors (Lipinski definition) is 0. The third-order valence-electron chi connectivity index (χ3n) is 9.41. The number of para-hydroxylation sites is 1. The van der Waals surface area contributed by atoms with E-state index >= 15 is 0 Å². The zero-order valence-corrected chi connectivity index (χ0v) is 25.8. The van der Waals surface area contributed by atoms with Gasteiger partial charge in [0.1, 0.15) is 0 Å². The van der Waals surface area contributed by atoms with Gasteiger partial charge in [-0.15, -0.1) is 0 Å². The van der Waals surface area contributed by atoms with Gasteiger partial charge in [0.05, 0.1) is 11.2 Å². The molecule has 2 nitrogen and oxygen atoms in total. The molecule has 0 bridgehead atoms. The Kier molecular flexibility index (Phi) is 6.57. The molecule has 1 aromatic heterocycles. The Morgan fingerprint density at radius 2 is 0.787 bits per heavy atom. The molecule has 0 aliphatic heterocycles. The van der Waals surface area contributed by atoms with Gasteiger partial charge in [0, 0.05) is 22.9 Å². The minimum atomic E-state index is 0.768. The zero-order chi connectivity index (χ0) is 31.2. The molecule has 1 heterocycles. The molecular weight excluding hydrogens is 569 g/mol. The number of benzene rings is 7. The Balaban J connectivity index is 1.12. The smallest absolute Gasteiger partial charge is 0.160 e. The van der Waals surface area contributed by atoms with Crippen LogP contribution >= 0.6 is 0 Å². The van der Waals surface area contributed by atoms with Crippen molar-refractivity contribution in [2.24, 2.45) is 0 Å². The van der Waals surface area contributed by atoms with Crippen molar-refractivity contribution in [3.63, 3.8) is 0 Å². The second-order valence-electron chi connectivity index (χ2n) is 12.1. The third-order valence-corrected chi connectivity index (χ3v) is 9.41. The van der Waals surface area contributed by atoms with Crippen molar-refractivity contribution >= 4 is 10.9 Å². The summed E-state index contributed by atoms with van der Waals surface area (Å²) in [4.78, 5) is 10.4. The van der Waals surface area contributed by atoms with Crippen LogP contribution in [-0.4, -0.2) is 9.97 Å². The molecule has 0 saturated carbocycles. The van der Waals surface area contributed by atoms with Crippen LogP contribution in [0.4, 0.5) is 0 Å². The second-order valence-corrected chi connectivity index (χ2v) is 12.1. The molecule has 47 heavy (non-hydrogen) atoms. The van der Waals surface area contributed by atoms with Crippen molar-refractivity contribution in [1.29, 1.82) is 0 Å². The van der Waals surface area contributed by atoms with E-state index < -0.39 is 0 Å². The van der Waals surface area contributed by atoms with E-state index in [1.54, 1.807) is 0 Å². The van der Waals surface area contributed by atoms with E-state index in [1.807, 2.05) is 0 Å². The highest BCUT2D eigenvalue weighted by Crippen LogP contribution is 2.45. The standard InChI is InChI=1S/C45H30N2/c1-3-11-30(12-4-1)32-21-25-34(26-22-32)36-16-9-17-37-38-18-10-19-39(42(38)29-41(36)37)45-46-43-20-8-7-15-40(43)44(47-45)35-27-23-33(24-28-35)31-13-5-2-6-14-31/h1-28H,29H2. The molecule has 0 unspecified atom stereocenters. The fourth-order valence-electron chi connectivity index (χ4n) is 7.06. The summed E-state index contributed by atoms with van der Waals surface area (Å²) < 4.78 is 0. The van der Waals surface area contributed by atoms with Crippen LogP contribution in [0.15, 0.2) is 170 Å². The van der Waals surface area contributed by atoms with Gasteiger partial charge >= 0.3 is 0 Å². The largest absolute Gasteiger partial charge is 0.228 e. The maximum Gasteiger partial charge on any atom is 0.160 e. The zero-order valence-electron chi connectivity index (χ0n) is 25.8. The summed E-state index contributed by atoms with van der Waals surface area (Å²) in [6.45, 7) is 0. The maximum absolute atomic E-state index is 5.29. The Hall–Kier alpha value is -6.12. The Bertz CT molecular complexity index is 2390. The summed E-state index contributed by atoms with van der Waals surface area (Å²) >= 11 is 0. The molecule has 0 saturated heterocycles. The average Bonchev–Trinajstić information content (AvgIpc) is 3.55. The van der Waals surface area contributed by atoms with Crippen molar-refractivity contribution in [1.82, 2.24) is 9.97 Å². The Morgan fingerprint density at radius 3 is 1.43 bits per heavy atom. The molecule has 1 aliphatic carbocycles. The van der Waals surface area contributed by atoms with Crippen molar-refractivity contribution in [3.05, 3.63) is 181 Å². The van der Waals surface area contributed by atoms with E-state index in [0.29, 0.717) is 0 Å². The highest BCUT2D eigenvalue weighted by atomic mass is 14.9. The lowest BCUT2D eigenvalue weighted by Gasteiger charge is -2.12. The van der Waals surface area contributed by atoms with Crippen LogP contribution in [0.25, 0.3) is 78.1 Å². The lowest BCUT2D eigenvalue weighted by Crippen LogP contribution is -1.98. The van der Waals surface area contributed by atoms with Crippen LogP contribution in [0.2, 0.25) is 0 Å². The van der Waals surface area contributed by atoms with Gasteiger partial charge in [0.25, 0.3) is 0 Å². The van der Waals surface area contributed by atoms with Gasteiger partial charge in [-0.1, -0.05) is 164 Å². The first kappa shape index (κ1) is 27.2. The highest BCUT2D eigenvalue weighted by molar-refractivity contribution is 5.95. The second kappa shape index (κ2) is 11.3. The van der Waals surface area contributed by atoms with Gasteiger partial charge in [-0.25, -0.2) is 9.97 Å². The van der Waals surface area contributed by atoms with Gasteiger partial charge < -0.3 is 0 Å². The first-order chi connectivity index (χ1) is 23.3. The summed E-state index contributed by atoms with van der Waals surface area (Å²) in [7, 11) is 0. The molecule has 0 fully saturated rings. The van der Waals surface area contributed by atoms with Crippen LogP contribution in [0, 0.1) is 0 Å². The van der Waals surface area contributed by atoms with Crippen molar-refractivity contribution in [2.45, 2.75) is 6.42 Å². The van der Waals surface area contributed by atoms with Crippen molar-refractivity contribution in [2.75, 3.05) is 0 Å². The molecule has 0 radical (unpaired) electrons. The minimum Gasteiger partial charge on any atom is -0.228 e. The first-order valence-electron chi connectivity index (χ1n) is 16.1. The molecule has 0 amide bonds. The number of aromatic nitrogens is 2. The molecular formula is C45H30N2. The van der Waals surface area contributed by atoms with Gasteiger partial charge in [0.2, 0.25) is 0 Å². The van der Waals surface area contributed by atoms with Crippen LogP contribution in [0.1, 0.15) is 11.1 Å². The van der Waals surface area contributed by atoms with Crippen LogP contribution in [0.3, 0.4) is 0 Å². The predicted octanol–water partition coefficient (Wildman–Crippen LogP) is 11.5. The molecule has 7 aromatic carbocycles. The van der Waals surface area contributed by atoms with Crippen LogP contribution < -0.4 is 0 Å². The summed E-state index contributed by atoms with van der Waals surface area (Å²) in [6.07, 6.45) is 0.842. The molecule has 220 valence electrons. The van der Waals surface area contributed by atoms with Crippen LogP contribution in [0.5, 0.6) is 0 Å². The van der Waals surface area contributed by atoms with Gasteiger partial charge in [0.15, 0.2) is 5.82 Å². The molecule has 1 aliphatic rings. The van der Waals surface area contributed by atoms with E-state index in [4.69, 9.17) is 9.97 Å².